The molecule has 2 aromatic heterocycles. The van der Waals surface area contributed by atoms with Gasteiger partial charge in [0.1, 0.15) is 22.3 Å². The first-order valence-electron chi connectivity index (χ1n) is 21.5. The Morgan fingerprint density at radius 3 is 1.08 bits per heavy atom. The number of hydrogen-bond donors (Lipinski definition) is 0. The Morgan fingerprint density at radius 1 is 0.344 bits per heavy atom. The summed E-state index contributed by atoms with van der Waals surface area (Å²) in [4.78, 5) is 4.51. The van der Waals surface area contributed by atoms with Gasteiger partial charge in [0.2, 0.25) is 0 Å². The van der Waals surface area contributed by atoms with Gasteiger partial charge in [0, 0.05) is 72.5 Å². The molecule has 0 amide bonds. The predicted molar refractivity (Wildman–Crippen MR) is 263 cm³/mol. The highest BCUT2D eigenvalue weighted by atomic mass is 16.3. The third-order valence-corrected chi connectivity index (χ3v) is 13.4. The summed E-state index contributed by atoms with van der Waals surface area (Å²) < 4.78 is 13.5. The number of anilines is 6. The molecule has 2 heterocycles. The van der Waals surface area contributed by atoms with Crippen LogP contribution in [0.2, 0.25) is 0 Å². The number of nitriles is 2. The van der Waals surface area contributed by atoms with Crippen LogP contribution in [0.25, 0.3) is 65.4 Å². The molecule has 0 aliphatic carbocycles. The van der Waals surface area contributed by atoms with Crippen molar-refractivity contribution in [2.24, 2.45) is 0 Å². The van der Waals surface area contributed by atoms with Crippen LogP contribution in [-0.2, 0) is 0 Å². The van der Waals surface area contributed by atoms with Crippen molar-refractivity contribution in [1.29, 1.82) is 10.5 Å². The van der Waals surface area contributed by atoms with Gasteiger partial charge in [-0.2, -0.15) is 10.5 Å². The largest absolute Gasteiger partial charge is 0.455 e. The Bertz CT molecular complexity index is 3530. The van der Waals surface area contributed by atoms with Gasteiger partial charge >= 0.3 is 0 Å². The number of rotatable bonds is 6. The maximum absolute atomic E-state index is 9.52. The molecule has 0 saturated heterocycles. The van der Waals surface area contributed by atoms with Gasteiger partial charge in [0.15, 0.2) is 0 Å². The Kier molecular flexibility index (Phi) is 8.84. The number of aryl methyl sites for hydroxylation is 4. The minimum atomic E-state index is 0.626. The number of benzene rings is 9. The summed E-state index contributed by atoms with van der Waals surface area (Å²) in [7, 11) is 0. The maximum Gasteiger partial charge on any atom is 0.143 e. The van der Waals surface area contributed by atoms with Crippen LogP contribution < -0.4 is 9.80 Å². The highest BCUT2D eigenvalue weighted by molar-refractivity contribution is 6.22. The molecule has 64 heavy (non-hydrogen) atoms. The summed E-state index contributed by atoms with van der Waals surface area (Å²) in [5, 5.41) is 27.4. The van der Waals surface area contributed by atoms with E-state index in [9.17, 15) is 10.5 Å². The molecular weight excluding hydrogens is 785 g/mol. The van der Waals surface area contributed by atoms with Crippen molar-refractivity contribution in [3.8, 4) is 12.1 Å². The molecule has 0 spiro atoms. The smallest absolute Gasteiger partial charge is 0.143 e. The highest BCUT2D eigenvalue weighted by Crippen LogP contribution is 2.44. The molecule has 0 atom stereocenters. The SMILES string of the molecule is Cc1cc(N(c2ccc(C#N)cc2)c2ccc3c(ccc4c5cc6c(cc5oc34)oc3c4ccc(N(c5ccc(C#N)cc5)c5cc(C)c(C)c(C)c5)cc4ccc63)c2)cc(C)c1C. The van der Waals surface area contributed by atoms with Crippen LogP contribution in [-0.4, -0.2) is 0 Å². The normalized spacial score (nSPS) is 11.6. The van der Waals surface area contributed by atoms with Crippen LogP contribution in [0, 0.1) is 64.2 Å². The van der Waals surface area contributed by atoms with Gasteiger partial charge < -0.3 is 18.6 Å². The summed E-state index contributed by atoms with van der Waals surface area (Å²) in [6.07, 6.45) is 0. The number of fused-ring (bicyclic) bond motifs is 10. The van der Waals surface area contributed by atoms with Crippen LogP contribution in [0.3, 0.4) is 0 Å². The van der Waals surface area contributed by atoms with E-state index >= 15 is 0 Å². The van der Waals surface area contributed by atoms with Crippen LogP contribution >= 0.6 is 0 Å². The number of furan rings is 2. The molecular formula is C58H42N4O2. The zero-order valence-corrected chi connectivity index (χ0v) is 36.5. The van der Waals surface area contributed by atoms with Crippen LogP contribution in [0.15, 0.2) is 154 Å². The van der Waals surface area contributed by atoms with E-state index in [4.69, 9.17) is 8.83 Å². The first-order valence-corrected chi connectivity index (χ1v) is 21.5. The molecule has 11 rings (SSSR count). The van der Waals surface area contributed by atoms with Crippen molar-refractivity contribution in [3.63, 3.8) is 0 Å². The lowest BCUT2D eigenvalue weighted by molar-refractivity contribution is 0.660. The maximum atomic E-state index is 9.52. The van der Waals surface area contributed by atoms with E-state index in [2.05, 4.69) is 154 Å². The second-order valence-corrected chi connectivity index (χ2v) is 17.1. The van der Waals surface area contributed by atoms with Gasteiger partial charge in [-0.15, -0.1) is 0 Å². The van der Waals surface area contributed by atoms with E-state index in [0.717, 1.165) is 99.5 Å². The summed E-state index contributed by atoms with van der Waals surface area (Å²) in [5.74, 6) is 0. The molecule has 6 heteroatoms. The zero-order chi connectivity index (χ0) is 44.0. The number of nitrogens with zero attached hydrogens (tertiary/aromatic N) is 4. The first kappa shape index (κ1) is 38.6. The molecule has 0 N–H and O–H groups in total. The van der Waals surface area contributed by atoms with Crippen LogP contribution in [0.5, 0.6) is 0 Å². The van der Waals surface area contributed by atoms with Crippen molar-refractivity contribution in [2.45, 2.75) is 41.5 Å². The summed E-state index contributed by atoms with van der Waals surface area (Å²) in [6, 6.07) is 54.9. The van der Waals surface area contributed by atoms with Crippen molar-refractivity contribution in [1.82, 2.24) is 0 Å². The predicted octanol–water partition coefficient (Wildman–Crippen LogP) is 16.3. The minimum Gasteiger partial charge on any atom is -0.455 e. The third kappa shape index (κ3) is 6.15. The number of hydrogen-bond acceptors (Lipinski definition) is 6. The van der Waals surface area contributed by atoms with Gasteiger partial charge in [-0.25, -0.2) is 0 Å². The van der Waals surface area contributed by atoms with Crippen LogP contribution in [0.1, 0.15) is 44.5 Å². The molecule has 0 fully saturated rings. The van der Waals surface area contributed by atoms with Gasteiger partial charge in [0.05, 0.1) is 23.3 Å². The lowest BCUT2D eigenvalue weighted by atomic mass is 10.0. The Balaban J connectivity index is 1.00. The van der Waals surface area contributed by atoms with Crippen molar-refractivity contribution < 1.29 is 8.83 Å². The fourth-order valence-corrected chi connectivity index (χ4v) is 9.42. The zero-order valence-electron chi connectivity index (χ0n) is 36.5. The average Bonchev–Trinajstić information content (AvgIpc) is 3.87. The third-order valence-electron chi connectivity index (χ3n) is 13.4. The topological polar surface area (TPSA) is 80.3 Å². The fourth-order valence-electron chi connectivity index (χ4n) is 9.42. The van der Waals surface area contributed by atoms with Gasteiger partial charge in [-0.05, 0) is 213 Å². The molecule has 0 aliphatic rings. The molecule has 0 saturated carbocycles. The molecule has 9 aromatic carbocycles. The lowest BCUT2D eigenvalue weighted by Gasteiger charge is -2.27. The molecule has 6 nitrogen and oxygen atoms in total. The molecule has 11 aromatic rings. The van der Waals surface area contributed by atoms with Crippen molar-refractivity contribution in [3.05, 3.63) is 190 Å². The Morgan fingerprint density at radius 2 is 0.703 bits per heavy atom. The molecule has 0 bridgehead atoms. The molecule has 306 valence electrons. The second-order valence-electron chi connectivity index (χ2n) is 17.1. The fraction of sp³-hybridized carbons (Fsp3) is 0.103. The van der Waals surface area contributed by atoms with Gasteiger partial charge in [0.25, 0.3) is 0 Å². The van der Waals surface area contributed by atoms with E-state index in [1.807, 2.05) is 54.6 Å². The second kappa shape index (κ2) is 14.7. The highest BCUT2D eigenvalue weighted by Gasteiger charge is 2.21. The summed E-state index contributed by atoms with van der Waals surface area (Å²) in [6.45, 7) is 12.9. The first-order chi connectivity index (χ1) is 31.1. The Labute approximate surface area is 371 Å². The standard InChI is InChI=1S/C58H42N4O2/c1-33-23-47(24-34(2)37(33)5)61(43-13-7-39(31-59)8-14-43)45-17-21-49-41(27-45)11-19-51-53-29-54-52-20-12-42-28-46(18-22-50(42)58(52)64-56(54)30-55(53)63-57(49)51)62(44-15-9-40(32-60)10-16-44)48-25-35(3)38(6)36(4)26-48/h7-30H,1-6H3. The van der Waals surface area contributed by atoms with E-state index < -0.39 is 0 Å². The molecule has 0 radical (unpaired) electrons. The molecule has 0 unspecified atom stereocenters. The van der Waals surface area contributed by atoms with Gasteiger partial charge in [-0.3, -0.25) is 0 Å². The summed E-state index contributed by atoms with van der Waals surface area (Å²) in [5.41, 5.74) is 18.1. The summed E-state index contributed by atoms with van der Waals surface area (Å²) >= 11 is 0. The van der Waals surface area contributed by atoms with E-state index in [0.29, 0.717) is 11.1 Å². The minimum absolute atomic E-state index is 0.626. The van der Waals surface area contributed by atoms with Crippen molar-refractivity contribution in [2.75, 3.05) is 9.80 Å². The Hall–Kier alpha value is -8.32. The quantitative estimate of drug-likeness (QED) is 0.166. The monoisotopic (exact) mass is 826 g/mol. The molecule has 0 aliphatic heterocycles. The van der Waals surface area contributed by atoms with Crippen LogP contribution in [0.4, 0.5) is 34.1 Å². The van der Waals surface area contributed by atoms with E-state index in [1.54, 1.807) is 0 Å². The van der Waals surface area contributed by atoms with Crippen molar-refractivity contribution >= 4 is 99.5 Å². The lowest BCUT2D eigenvalue weighted by Crippen LogP contribution is -2.11. The van der Waals surface area contributed by atoms with Gasteiger partial charge in [-0.1, -0.05) is 12.1 Å². The average molecular weight is 827 g/mol. The van der Waals surface area contributed by atoms with E-state index in [1.165, 1.54) is 33.4 Å². The van der Waals surface area contributed by atoms with E-state index in [-0.39, 0.29) is 0 Å².